The monoisotopic (exact) mass is 389 g/mol. The predicted octanol–water partition coefficient (Wildman–Crippen LogP) is 2.51. The highest BCUT2D eigenvalue weighted by Crippen LogP contribution is 2.20. The first-order chi connectivity index (χ1) is 14.2. The molecule has 1 aliphatic rings. The lowest BCUT2D eigenvalue weighted by Crippen LogP contribution is -2.48. The summed E-state index contributed by atoms with van der Waals surface area (Å²) >= 11 is 0. The zero-order valence-corrected chi connectivity index (χ0v) is 16.4. The highest BCUT2D eigenvalue weighted by molar-refractivity contribution is 5.97. The average Bonchev–Trinajstić information content (AvgIpc) is 2.80. The second-order valence-corrected chi connectivity index (χ2v) is 6.90. The molecular weight excluding hydrogens is 366 g/mol. The molecule has 0 bridgehead atoms. The zero-order chi connectivity index (χ0) is 20.1. The Balaban J connectivity index is 1.34. The summed E-state index contributed by atoms with van der Waals surface area (Å²) in [4.78, 5) is 30.2. The summed E-state index contributed by atoms with van der Waals surface area (Å²) in [6.07, 6.45) is 5.44. The molecule has 3 heterocycles. The summed E-state index contributed by atoms with van der Waals surface area (Å²) in [6, 6.07) is 13.1. The number of piperazine rings is 1. The predicted molar refractivity (Wildman–Crippen MR) is 109 cm³/mol. The van der Waals surface area contributed by atoms with Crippen molar-refractivity contribution in [1.29, 1.82) is 0 Å². The SMILES string of the molecule is COc1ccccc1C(=O)N1CCN(Cc2cnc(-c3ccccn3)nc2)CC1. The van der Waals surface area contributed by atoms with Gasteiger partial charge in [0.15, 0.2) is 5.82 Å². The number of hydrogen-bond donors (Lipinski definition) is 0. The zero-order valence-electron chi connectivity index (χ0n) is 16.4. The highest BCUT2D eigenvalue weighted by Gasteiger charge is 2.24. The molecule has 7 nitrogen and oxygen atoms in total. The van der Waals surface area contributed by atoms with Gasteiger partial charge >= 0.3 is 0 Å². The van der Waals surface area contributed by atoms with E-state index in [1.54, 1.807) is 13.3 Å². The van der Waals surface area contributed by atoms with Crippen LogP contribution in [0.3, 0.4) is 0 Å². The fraction of sp³-hybridized carbons (Fsp3) is 0.273. The van der Waals surface area contributed by atoms with E-state index in [4.69, 9.17) is 4.74 Å². The van der Waals surface area contributed by atoms with Crippen LogP contribution in [0.2, 0.25) is 0 Å². The van der Waals surface area contributed by atoms with Crippen molar-refractivity contribution in [1.82, 2.24) is 24.8 Å². The Morgan fingerprint density at radius 1 is 0.966 bits per heavy atom. The highest BCUT2D eigenvalue weighted by atomic mass is 16.5. The average molecular weight is 389 g/mol. The number of rotatable bonds is 5. The third-order valence-electron chi connectivity index (χ3n) is 5.00. The smallest absolute Gasteiger partial charge is 0.257 e. The van der Waals surface area contributed by atoms with Crippen LogP contribution in [0.1, 0.15) is 15.9 Å². The molecule has 1 aromatic carbocycles. The molecule has 7 heteroatoms. The molecule has 1 fully saturated rings. The summed E-state index contributed by atoms with van der Waals surface area (Å²) in [5.41, 5.74) is 2.43. The van der Waals surface area contributed by atoms with E-state index in [1.807, 2.05) is 59.8 Å². The van der Waals surface area contributed by atoms with Crippen molar-refractivity contribution in [3.63, 3.8) is 0 Å². The Bertz CT molecular complexity index is 954. The lowest BCUT2D eigenvalue weighted by Gasteiger charge is -2.34. The van der Waals surface area contributed by atoms with Crippen molar-refractivity contribution in [2.45, 2.75) is 6.54 Å². The van der Waals surface area contributed by atoms with E-state index in [-0.39, 0.29) is 5.91 Å². The summed E-state index contributed by atoms with van der Waals surface area (Å²) < 4.78 is 5.32. The molecule has 4 rings (SSSR count). The van der Waals surface area contributed by atoms with E-state index in [0.29, 0.717) is 30.2 Å². The van der Waals surface area contributed by atoms with Gasteiger partial charge in [-0.25, -0.2) is 9.97 Å². The van der Waals surface area contributed by atoms with Crippen molar-refractivity contribution in [3.8, 4) is 17.3 Å². The van der Waals surface area contributed by atoms with E-state index < -0.39 is 0 Å². The van der Waals surface area contributed by atoms with Crippen molar-refractivity contribution < 1.29 is 9.53 Å². The molecule has 0 unspecified atom stereocenters. The van der Waals surface area contributed by atoms with Crippen molar-refractivity contribution in [2.75, 3.05) is 33.3 Å². The van der Waals surface area contributed by atoms with Crippen LogP contribution in [0, 0.1) is 0 Å². The molecule has 2 aromatic heterocycles. The van der Waals surface area contributed by atoms with Crippen molar-refractivity contribution in [3.05, 3.63) is 72.2 Å². The van der Waals surface area contributed by atoms with E-state index in [2.05, 4.69) is 19.9 Å². The first-order valence-corrected chi connectivity index (χ1v) is 9.61. The van der Waals surface area contributed by atoms with Crippen LogP contribution in [0.25, 0.3) is 11.5 Å². The van der Waals surface area contributed by atoms with Gasteiger partial charge in [0.25, 0.3) is 5.91 Å². The molecule has 0 N–H and O–H groups in total. The van der Waals surface area contributed by atoms with Crippen LogP contribution in [0.15, 0.2) is 61.1 Å². The molecule has 0 aliphatic carbocycles. The van der Waals surface area contributed by atoms with Crippen LogP contribution in [0.4, 0.5) is 0 Å². The maximum atomic E-state index is 12.8. The van der Waals surface area contributed by atoms with Gasteiger partial charge in [-0.05, 0) is 24.3 Å². The number of para-hydroxylation sites is 1. The van der Waals surface area contributed by atoms with Gasteiger partial charge in [-0.15, -0.1) is 0 Å². The third-order valence-corrected chi connectivity index (χ3v) is 5.00. The van der Waals surface area contributed by atoms with E-state index in [1.165, 1.54) is 0 Å². The molecular formula is C22H23N5O2. The maximum absolute atomic E-state index is 12.8. The summed E-state index contributed by atoms with van der Waals surface area (Å²) in [7, 11) is 1.59. The normalized spacial score (nSPS) is 14.6. The Labute approximate surface area is 170 Å². The van der Waals surface area contributed by atoms with E-state index in [0.717, 1.165) is 30.9 Å². The number of methoxy groups -OCH3 is 1. The molecule has 1 aliphatic heterocycles. The fourth-order valence-electron chi connectivity index (χ4n) is 3.42. The number of hydrogen-bond acceptors (Lipinski definition) is 6. The molecule has 1 saturated heterocycles. The number of carbonyl (C=O) groups is 1. The first-order valence-electron chi connectivity index (χ1n) is 9.61. The molecule has 0 atom stereocenters. The minimum Gasteiger partial charge on any atom is -0.496 e. The molecule has 0 spiro atoms. The Morgan fingerprint density at radius 2 is 1.69 bits per heavy atom. The number of benzene rings is 1. The quantitative estimate of drug-likeness (QED) is 0.668. The topological polar surface area (TPSA) is 71.5 Å². The number of aromatic nitrogens is 3. The Hall–Kier alpha value is -3.32. The van der Waals surface area contributed by atoms with Gasteiger partial charge in [-0.2, -0.15) is 0 Å². The van der Waals surface area contributed by atoms with Crippen LogP contribution in [0.5, 0.6) is 5.75 Å². The standard InChI is InChI=1S/C22H23N5O2/c1-29-20-8-3-2-6-18(20)22(28)27-12-10-26(11-13-27)16-17-14-24-21(25-15-17)19-7-4-5-9-23-19/h2-9,14-15H,10-13,16H2,1H3. The fourth-order valence-corrected chi connectivity index (χ4v) is 3.42. The summed E-state index contributed by atoms with van der Waals surface area (Å²) in [5, 5.41) is 0. The number of nitrogens with zero attached hydrogens (tertiary/aromatic N) is 5. The summed E-state index contributed by atoms with van der Waals surface area (Å²) in [6.45, 7) is 3.75. The number of carbonyl (C=O) groups excluding carboxylic acids is 1. The van der Waals surface area contributed by atoms with Gasteiger partial charge in [-0.3, -0.25) is 14.7 Å². The molecule has 148 valence electrons. The van der Waals surface area contributed by atoms with Crippen LogP contribution in [-0.4, -0.2) is 63.9 Å². The van der Waals surface area contributed by atoms with Gasteiger partial charge in [0.05, 0.1) is 12.7 Å². The van der Waals surface area contributed by atoms with Crippen LogP contribution < -0.4 is 4.74 Å². The van der Waals surface area contributed by atoms with Gasteiger partial charge in [0.1, 0.15) is 11.4 Å². The second-order valence-electron chi connectivity index (χ2n) is 6.90. The first kappa shape index (κ1) is 19.0. The van der Waals surface area contributed by atoms with Crippen LogP contribution in [-0.2, 0) is 6.54 Å². The van der Waals surface area contributed by atoms with Gasteiger partial charge in [0, 0.05) is 56.9 Å². The van der Waals surface area contributed by atoms with Gasteiger partial charge in [0.2, 0.25) is 0 Å². The minimum absolute atomic E-state index is 0.0187. The minimum atomic E-state index is 0.0187. The van der Waals surface area contributed by atoms with E-state index >= 15 is 0 Å². The molecule has 1 amide bonds. The van der Waals surface area contributed by atoms with Crippen LogP contribution >= 0.6 is 0 Å². The number of ether oxygens (including phenoxy) is 1. The largest absolute Gasteiger partial charge is 0.496 e. The Morgan fingerprint density at radius 3 is 2.38 bits per heavy atom. The van der Waals surface area contributed by atoms with Gasteiger partial charge < -0.3 is 9.64 Å². The maximum Gasteiger partial charge on any atom is 0.257 e. The Kier molecular flexibility index (Phi) is 5.76. The lowest BCUT2D eigenvalue weighted by molar-refractivity contribution is 0.0625. The van der Waals surface area contributed by atoms with Gasteiger partial charge in [-0.1, -0.05) is 18.2 Å². The third kappa shape index (κ3) is 4.41. The van der Waals surface area contributed by atoms with Crippen molar-refractivity contribution >= 4 is 5.91 Å². The molecule has 29 heavy (non-hydrogen) atoms. The van der Waals surface area contributed by atoms with E-state index in [9.17, 15) is 4.79 Å². The molecule has 0 radical (unpaired) electrons. The summed E-state index contributed by atoms with van der Waals surface area (Å²) in [5.74, 6) is 1.26. The second kappa shape index (κ2) is 8.79. The number of amides is 1. The molecule has 3 aromatic rings. The number of pyridine rings is 1. The molecule has 0 saturated carbocycles. The van der Waals surface area contributed by atoms with Crippen molar-refractivity contribution in [2.24, 2.45) is 0 Å². The lowest BCUT2D eigenvalue weighted by atomic mass is 10.1.